The molecule has 8 heteroatoms. The summed E-state index contributed by atoms with van der Waals surface area (Å²) in [6.07, 6.45) is 7.59. The van der Waals surface area contributed by atoms with E-state index in [-0.39, 0.29) is 16.4 Å². The van der Waals surface area contributed by atoms with E-state index >= 15 is 0 Å². The molecule has 8 aromatic rings. The van der Waals surface area contributed by atoms with Gasteiger partial charge in [-0.05, 0) is 113 Å². The predicted molar refractivity (Wildman–Crippen MR) is 237 cm³/mol. The van der Waals surface area contributed by atoms with E-state index in [9.17, 15) is 10.1 Å². The van der Waals surface area contributed by atoms with Crippen molar-refractivity contribution in [3.05, 3.63) is 226 Å². The van der Waals surface area contributed by atoms with Crippen LogP contribution in [0.25, 0.3) is 35.1 Å². The Morgan fingerprint density at radius 1 is 0.431 bits per heavy atom. The normalized spacial score (nSPS) is 11.3. The van der Waals surface area contributed by atoms with Crippen molar-refractivity contribution >= 4 is 74.9 Å². The van der Waals surface area contributed by atoms with Gasteiger partial charge in [-0.1, -0.05) is 126 Å². The van der Waals surface area contributed by atoms with Crippen molar-refractivity contribution in [1.29, 1.82) is 0 Å². The number of nitrogens with zero attached hydrogens (tertiary/aromatic N) is 3. The first kappa shape index (κ1) is 37.2. The third-order valence-electron chi connectivity index (χ3n) is 9.69. The smallest absolute Gasteiger partial charge is 0.277 e. The van der Waals surface area contributed by atoms with Gasteiger partial charge in [-0.25, -0.2) is 0 Å². The lowest BCUT2D eigenvalue weighted by atomic mass is 10.00. The Balaban J connectivity index is 1.06. The number of hydrogen-bond acceptors (Lipinski definition) is 7. The molecule has 8 nitrogen and oxygen atoms in total. The molecule has 0 unspecified atom stereocenters. The van der Waals surface area contributed by atoms with E-state index in [1.165, 1.54) is 0 Å². The molecule has 0 aliphatic carbocycles. The first-order valence-electron chi connectivity index (χ1n) is 18.7. The lowest BCUT2D eigenvalue weighted by Gasteiger charge is -2.25. The van der Waals surface area contributed by atoms with Gasteiger partial charge in [0.15, 0.2) is 5.75 Å². The zero-order valence-corrected chi connectivity index (χ0v) is 31.3. The fourth-order valence-electron chi connectivity index (χ4n) is 6.97. The minimum Gasteiger partial charge on any atom is -0.319 e. The fraction of sp³-hybridized carbons (Fsp3) is 0. The Morgan fingerprint density at radius 2 is 0.776 bits per heavy atom. The summed E-state index contributed by atoms with van der Waals surface area (Å²) >= 11 is 0. The minimum absolute atomic E-state index is 0.0720. The van der Waals surface area contributed by atoms with Crippen LogP contribution in [-0.4, -0.2) is 4.92 Å². The number of hydrogen-bond donors (Lipinski definition) is 1. The van der Waals surface area contributed by atoms with E-state index in [4.69, 9.17) is 10.8 Å². The van der Waals surface area contributed by atoms with E-state index in [2.05, 4.69) is 87.6 Å². The number of fused-ring (bicyclic) bond motifs is 1. The van der Waals surface area contributed by atoms with Crippen LogP contribution in [0.1, 0.15) is 22.3 Å². The number of para-hydroxylation sites is 4. The summed E-state index contributed by atoms with van der Waals surface area (Å²) in [5, 5.41) is 13.4. The highest BCUT2D eigenvalue weighted by molar-refractivity contribution is 5.99. The van der Waals surface area contributed by atoms with Crippen LogP contribution in [0.4, 0.5) is 39.8 Å². The number of nitro groups is 1. The van der Waals surface area contributed by atoms with E-state index in [0.29, 0.717) is 21.9 Å². The Labute approximate surface area is 336 Å². The van der Waals surface area contributed by atoms with Crippen molar-refractivity contribution in [1.82, 2.24) is 0 Å². The highest BCUT2D eigenvalue weighted by Gasteiger charge is 2.18. The Morgan fingerprint density at radius 3 is 1.16 bits per heavy atom. The zero-order valence-electron chi connectivity index (χ0n) is 31.3. The van der Waals surface area contributed by atoms with Gasteiger partial charge in [0, 0.05) is 45.6 Å². The molecule has 58 heavy (non-hydrogen) atoms. The van der Waals surface area contributed by atoms with Crippen LogP contribution in [0.2, 0.25) is 0 Å². The number of rotatable bonds is 13. The van der Waals surface area contributed by atoms with Gasteiger partial charge >= 0.3 is 0 Å². The number of nitro benzene ring substituents is 1. The third-order valence-corrected chi connectivity index (χ3v) is 9.69. The summed E-state index contributed by atoms with van der Waals surface area (Å²) in [4.78, 5) is 26.5. The lowest BCUT2D eigenvalue weighted by Crippen LogP contribution is -2.09. The van der Waals surface area contributed by atoms with Gasteiger partial charge < -0.3 is 14.7 Å². The predicted octanol–water partition coefficient (Wildman–Crippen LogP) is 13.2. The molecule has 0 aliphatic heterocycles. The van der Waals surface area contributed by atoms with Crippen molar-refractivity contribution in [2.75, 3.05) is 9.80 Å². The van der Waals surface area contributed by atoms with E-state index in [0.717, 1.165) is 45.3 Å². The van der Waals surface area contributed by atoms with Crippen LogP contribution in [0, 0.1) is 10.1 Å². The Kier molecular flexibility index (Phi) is 11.1. The maximum Gasteiger partial charge on any atom is 0.277 e. The van der Waals surface area contributed by atoms with Crippen molar-refractivity contribution in [3.63, 3.8) is 0 Å². The molecule has 0 bridgehead atoms. The number of nitrogens with two attached hydrogens (primary N) is 1. The summed E-state index contributed by atoms with van der Waals surface area (Å²) < 4.78 is 0. The summed E-state index contributed by atoms with van der Waals surface area (Å²) in [5.74, 6) is 5.62. The summed E-state index contributed by atoms with van der Waals surface area (Å²) in [7, 11) is 0. The maximum absolute atomic E-state index is 12.5. The second kappa shape index (κ2) is 17.3. The third kappa shape index (κ3) is 8.39. The topological polar surface area (TPSA) is 94.1 Å². The molecule has 0 saturated carbocycles. The second-order valence-corrected chi connectivity index (χ2v) is 13.5. The van der Waals surface area contributed by atoms with Gasteiger partial charge in [-0.3, -0.25) is 10.1 Å². The van der Waals surface area contributed by atoms with Crippen molar-refractivity contribution in [2.24, 2.45) is 5.90 Å². The summed E-state index contributed by atoms with van der Waals surface area (Å²) in [5.41, 5.74) is 9.27. The second-order valence-electron chi connectivity index (χ2n) is 13.5. The quantitative estimate of drug-likeness (QED) is 0.0541. The average Bonchev–Trinajstić information content (AvgIpc) is 3.27. The molecular formula is C50H38N4O4. The number of non-ortho nitro benzene ring substituents is 1. The molecule has 0 fully saturated rings. The van der Waals surface area contributed by atoms with Gasteiger partial charge in [0.2, 0.25) is 0 Å². The molecule has 0 spiro atoms. The molecule has 0 aromatic heterocycles. The molecule has 0 saturated heterocycles. The maximum atomic E-state index is 12.5. The van der Waals surface area contributed by atoms with Crippen LogP contribution in [0.15, 0.2) is 194 Å². The zero-order chi connectivity index (χ0) is 39.7. The molecule has 2 N–H and O–H groups in total. The van der Waals surface area contributed by atoms with Gasteiger partial charge in [0.25, 0.3) is 5.69 Å². The van der Waals surface area contributed by atoms with Gasteiger partial charge in [-0.2, -0.15) is 5.90 Å². The summed E-state index contributed by atoms with van der Waals surface area (Å²) in [6.45, 7) is 0. The minimum atomic E-state index is -0.388. The molecule has 0 aliphatic rings. The first-order chi connectivity index (χ1) is 28.5. The SMILES string of the molecule is NOOc1cc(/C=C/c2ccc(N(c3ccccc3)c3ccccc3)cc2)cc2c([N+](=O)[O-])cc(/C=C/c3ccc(N(c4ccccc4)c4ccccc4)cc3)cc12. The fourth-order valence-corrected chi connectivity index (χ4v) is 6.97. The van der Waals surface area contributed by atoms with E-state index in [1.54, 1.807) is 18.2 Å². The molecule has 282 valence electrons. The van der Waals surface area contributed by atoms with Gasteiger partial charge in [0.05, 0.1) is 10.3 Å². The van der Waals surface area contributed by atoms with Crippen LogP contribution < -0.4 is 20.6 Å². The van der Waals surface area contributed by atoms with Crippen molar-refractivity contribution in [3.8, 4) is 5.75 Å². The molecule has 8 aromatic carbocycles. The molecular weight excluding hydrogens is 721 g/mol. The lowest BCUT2D eigenvalue weighted by molar-refractivity contribution is -0.383. The van der Waals surface area contributed by atoms with Crippen LogP contribution in [0.5, 0.6) is 5.75 Å². The molecule has 8 rings (SSSR count). The first-order valence-corrected chi connectivity index (χ1v) is 18.7. The van der Waals surface area contributed by atoms with Gasteiger partial charge in [0.1, 0.15) is 0 Å². The average molecular weight is 759 g/mol. The summed E-state index contributed by atoms with van der Waals surface area (Å²) in [6, 6.07) is 64.0. The molecule has 0 amide bonds. The van der Waals surface area contributed by atoms with Gasteiger partial charge in [-0.15, -0.1) is 0 Å². The Hall–Kier alpha value is -7.78. The van der Waals surface area contributed by atoms with E-state index < -0.39 is 0 Å². The highest BCUT2D eigenvalue weighted by atomic mass is 17.3. The van der Waals surface area contributed by atoms with Crippen LogP contribution in [0.3, 0.4) is 0 Å². The largest absolute Gasteiger partial charge is 0.319 e. The van der Waals surface area contributed by atoms with Crippen molar-refractivity contribution in [2.45, 2.75) is 0 Å². The standard InChI is InChI=1S/C50H38N4O4/c51-58-57-50-36-40(24-22-38-27-31-46(32-28-38)53(43-17-9-3-10-18-43)44-19-11-4-12-20-44)33-47-48(50)34-39(35-49(47)54(55)56)23-21-37-25-29-45(30-26-37)52(41-13-5-1-6-14-41)42-15-7-2-8-16-42/h1-36H,51H2/b23-21+,24-22+. The monoisotopic (exact) mass is 758 g/mol. The molecule has 0 atom stereocenters. The van der Waals surface area contributed by atoms with Crippen LogP contribution >= 0.6 is 0 Å². The number of anilines is 6. The number of benzene rings is 8. The van der Waals surface area contributed by atoms with Crippen LogP contribution in [-0.2, 0) is 4.99 Å². The molecule has 0 radical (unpaired) electrons. The van der Waals surface area contributed by atoms with Crippen molar-refractivity contribution < 1.29 is 14.8 Å². The van der Waals surface area contributed by atoms with E-state index in [1.807, 2.05) is 127 Å². The molecule has 0 heterocycles. The Bertz CT molecular complexity index is 2610. The highest BCUT2D eigenvalue weighted by Crippen LogP contribution is 2.38.